The van der Waals surface area contributed by atoms with E-state index in [9.17, 15) is 10.1 Å². The van der Waals surface area contributed by atoms with Crippen molar-refractivity contribution < 1.29 is 6.22 Å². The Morgan fingerprint density at radius 3 is 2.69 bits per heavy atom. The number of anilines is 1. The van der Waals surface area contributed by atoms with Crippen molar-refractivity contribution in [3.63, 3.8) is 0 Å². The van der Waals surface area contributed by atoms with Gasteiger partial charge in [-0.15, -0.1) is 0 Å². The lowest BCUT2D eigenvalue weighted by Gasteiger charge is -2.24. The van der Waals surface area contributed by atoms with Gasteiger partial charge in [-0.3, -0.25) is 9.69 Å². The molecule has 0 unspecified atom stereocenters. The van der Waals surface area contributed by atoms with Crippen molar-refractivity contribution in [2.75, 3.05) is 18.4 Å². The zero-order valence-corrected chi connectivity index (χ0v) is 16.3. The molecule has 0 aliphatic carbocycles. The third-order valence-electron chi connectivity index (χ3n) is 5.52. The van der Waals surface area contributed by atoms with Gasteiger partial charge in [0.1, 0.15) is 0 Å². The largest absolute Gasteiger partial charge is 0.323 e. The van der Waals surface area contributed by atoms with E-state index in [0.29, 0.717) is 5.56 Å². The van der Waals surface area contributed by atoms with Gasteiger partial charge >= 0.3 is 0 Å². The topological polar surface area (TPSA) is 61.1 Å². The van der Waals surface area contributed by atoms with Gasteiger partial charge < -0.3 is 9.88 Å². The zero-order chi connectivity index (χ0) is 20.1. The maximum Gasteiger partial charge on any atom is 0.241 e. The number of hydrogen-bond acceptors (Lipinski definition) is 3. The molecule has 148 valence electrons. The Bertz CT molecular complexity index is 1030. The summed E-state index contributed by atoms with van der Waals surface area (Å²) in [6.07, 6.45) is 6.58. The first-order chi connectivity index (χ1) is 14.3. The summed E-state index contributed by atoms with van der Waals surface area (Å²) in [6, 6.07) is 21.6. The van der Waals surface area contributed by atoms with Gasteiger partial charge in [0.2, 0.25) is 5.91 Å². The third kappa shape index (κ3) is 4.23. The van der Waals surface area contributed by atoms with Gasteiger partial charge in [-0.1, -0.05) is 30.3 Å². The summed E-state index contributed by atoms with van der Waals surface area (Å²) in [4.78, 5) is 15.3. The zero-order valence-electron chi connectivity index (χ0n) is 16.3. The van der Waals surface area contributed by atoms with E-state index in [4.69, 9.17) is 0 Å². The molecule has 0 spiro atoms. The number of para-hydroxylation sites is 2. The molecule has 0 bridgehead atoms. The van der Waals surface area contributed by atoms with Crippen LogP contribution in [-0.2, 0) is 11.2 Å². The number of benzene rings is 2. The van der Waals surface area contributed by atoms with Crippen LogP contribution in [0.1, 0.15) is 25.4 Å². The second-order valence-corrected chi connectivity index (χ2v) is 7.31. The number of likely N-dealkylation sites (tertiary alicyclic amines) is 1. The Morgan fingerprint density at radius 1 is 1.10 bits per heavy atom. The predicted molar refractivity (Wildman–Crippen MR) is 116 cm³/mol. The van der Waals surface area contributed by atoms with Crippen LogP contribution in [0.2, 0.25) is 0 Å². The SMILES string of the molecule is N#Cc1ccccc1CCN1CCC[C@H]1C(=O)Nc1ccccc1-n1cccc1.[HH]. The number of hydrogen-bond donors (Lipinski definition) is 1. The molecule has 29 heavy (non-hydrogen) atoms. The average Bonchev–Trinajstić information content (AvgIpc) is 3.45. The van der Waals surface area contributed by atoms with Crippen molar-refractivity contribution in [1.29, 1.82) is 5.26 Å². The van der Waals surface area contributed by atoms with Crippen LogP contribution in [0.3, 0.4) is 0 Å². The van der Waals surface area contributed by atoms with Gasteiger partial charge in [0.25, 0.3) is 0 Å². The van der Waals surface area contributed by atoms with E-state index < -0.39 is 0 Å². The van der Waals surface area contributed by atoms with E-state index in [1.54, 1.807) is 0 Å². The van der Waals surface area contributed by atoms with Gasteiger partial charge in [-0.2, -0.15) is 5.26 Å². The molecular formula is C24H26N4O. The standard InChI is InChI=1S/C24H24N4O.H2/c25-18-20-9-2-1-8-19(20)13-17-28-16-7-12-23(28)24(29)26-21-10-3-4-11-22(21)27-14-5-6-15-27;/h1-6,8-11,14-15,23H,7,12-13,16-17H2,(H,26,29);1H/t23-;/m0./s1. The van der Waals surface area contributed by atoms with Crippen LogP contribution >= 0.6 is 0 Å². The summed E-state index contributed by atoms with van der Waals surface area (Å²) in [7, 11) is 0. The fourth-order valence-corrected chi connectivity index (χ4v) is 4.02. The third-order valence-corrected chi connectivity index (χ3v) is 5.52. The lowest BCUT2D eigenvalue weighted by atomic mass is 10.1. The molecule has 5 nitrogen and oxygen atoms in total. The molecule has 1 aliphatic heterocycles. The van der Waals surface area contributed by atoms with Crippen LogP contribution in [0, 0.1) is 11.3 Å². The van der Waals surface area contributed by atoms with Crippen molar-refractivity contribution in [3.05, 3.63) is 84.2 Å². The van der Waals surface area contributed by atoms with E-state index in [1.807, 2.05) is 77.6 Å². The lowest BCUT2D eigenvalue weighted by molar-refractivity contribution is -0.120. The molecule has 0 saturated carbocycles. The maximum atomic E-state index is 13.1. The van der Waals surface area contributed by atoms with Crippen molar-refractivity contribution >= 4 is 11.6 Å². The molecule has 1 fully saturated rings. The summed E-state index contributed by atoms with van der Waals surface area (Å²) in [5.41, 5.74) is 3.53. The number of rotatable bonds is 6. The summed E-state index contributed by atoms with van der Waals surface area (Å²) in [5, 5.41) is 12.4. The van der Waals surface area contributed by atoms with Crippen LogP contribution < -0.4 is 5.32 Å². The highest BCUT2D eigenvalue weighted by molar-refractivity contribution is 5.96. The molecule has 4 rings (SSSR count). The second kappa shape index (κ2) is 8.76. The Kier molecular flexibility index (Phi) is 5.73. The molecule has 0 radical (unpaired) electrons. The quantitative estimate of drug-likeness (QED) is 0.689. The Labute approximate surface area is 172 Å². The average molecular weight is 386 g/mol. The number of nitrogens with zero attached hydrogens (tertiary/aromatic N) is 3. The second-order valence-electron chi connectivity index (χ2n) is 7.31. The van der Waals surface area contributed by atoms with Crippen LogP contribution in [0.5, 0.6) is 0 Å². The molecule has 2 aromatic carbocycles. The fourth-order valence-electron chi connectivity index (χ4n) is 4.02. The highest BCUT2D eigenvalue weighted by Gasteiger charge is 2.30. The molecule has 1 atom stereocenters. The summed E-state index contributed by atoms with van der Waals surface area (Å²) in [6.45, 7) is 1.68. The van der Waals surface area contributed by atoms with Crippen molar-refractivity contribution in [2.24, 2.45) is 0 Å². The van der Waals surface area contributed by atoms with Gasteiger partial charge in [-0.05, 0) is 61.7 Å². The van der Waals surface area contributed by atoms with Gasteiger partial charge in [-0.25, -0.2) is 0 Å². The number of amides is 1. The number of aromatic nitrogens is 1. The van der Waals surface area contributed by atoms with E-state index in [2.05, 4.69) is 16.3 Å². The van der Waals surface area contributed by atoms with Crippen molar-refractivity contribution in [1.82, 2.24) is 9.47 Å². The minimum absolute atomic E-state index is 0. The van der Waals surface area contributed by atoms with Crippen LogP contribution in [-0.4, -0.2) is 34.5 Å². The number of nitrogens with one attached hydrogen (secondary N) is 1. The molecule has 1 amide bonds. The normalized spacial score (nSPS) is 16.4. The minimum atomic E-state index is -0.137. The number of carbonyl (C=O) groups excluding carboxylic acids is 1. The number of nitriles is 1. The summed E-state index contributed by atoms with van der Waals surface area (Å²) in [5.74, 6) is 0.0377. The lowest BCUT2D eigenvalue weighted by Crippen LogP contribution is -2.40. The monoisotopic (exact) mass is 386 g/mol. The number of carbonyl (C=O) groups is 1. The molecule has 5 heteroatoms. The molecule has 1 aliphatic rings. The Morgan fingerprint density at radius 2 is 1.86 bits per heavy atom. The molecular weight excluding hydrogens is 360 g/mol. The van der Waals surface area contributed by atoms with E-state index in [0.717, 1.165) is 49.3 Å². The fraction of sp³-hybridized carbons (Fsp3) is 0.250. The smallest absolute Gasteiger partial charge is 0.241 e. The summed E-state index contributed by atoms with van der Waals surface area (Å²) >= 11 is 0. The van der Waals surface area contributed by atoms with Crippen molar-refractivity contribution in [3.8, 4) is 11.8 Å². The molecule has 1 N–H and O–H groups in total. The minimum Gasteiger partial charge on any atom is -0.323 e. The maximum absolute atomic E-state index is 13.1. The van der Waals surface area contributed by atoms with Crippen LogP contribution in [0.15, 0.2) is 73.1 Å². The van der Waals surface area contributed by atoms with Crippen LogP contribution in [0.25, 0.3) is 5.69 Å². The molecule has 2 heterocycles. The molecule has 1 aromatic heterocycles. The first-order valence-corrected chi connectivity index (χ1v) is 10.0. The highest BCUT2D eigenvalue weighted by Crippen LogP contribution is 2.24. The van der Waals surface area contributed by atoms with E-state index in [-0.39, 0.29) is 13.4 Å². The first-order valence-electron chi connectivity index (χ1n) is 10.0. The van der Waals surface area contributed by atoms with Crippen molar-refractivity contribution in [2.45, 2.75) is 25.3 Å². The van der Waals surface area contributed by atoms with E-state index in [1.165, 1.54) is 0 Å². The predicted octanol–water partition coefficient (Wildman–Crippen LogP) is 4.24. The van der Waals surface area contributed by atoms with Gasteiger partial charge in [0, 0.05) is 20.4 Å². The highest BCUT2D eigenvalue weighted by atomic mass is 16.2. The molecule has 3 aromatic rings. The van der Waals surface area contributed by atoms with Gasteiger partial charge in [0.15, 0.2) is 0 Å². The van der Waals surface area contributed by atoms with Gasteiger partial charge in [0.05, 0.1) is 29.0 Å². The first kappa shape index (κ1) is 19.0. The Balaban J connectivity index is 0.00000256. The summed E-state index contributed by atoms with van der Waals surface area (Å²) < 4.78 is 2.00. The van der Waals surface area contributed by atoms with Crippen LogP contribution in [0.4, 0.5) is 5.69 Å². The van der Waals surface area contributed by atoms with E-state index >= 15 is 0 Å². The Hall–Kier alpha value is -3.36. The molecule has 1 saturated heterocycles.